The summed E-state index contributed by atoms with van der Waals surface area (Å²) in [5, 5.41) is 3.34. The van der Waals surface area contributed by atoms with Gasteiger partial charge < -0.3 is 10.3 Å². The predicted molar refractivity (Wildman–Crippen MR) is 97.5 cm³/mol. The lowest BCUT2D eigenvalue weighted by Crippen LogP contribution is -2.35. The van der Waals surface area contributed by atoms with Gasteiger partial charge in [-0.2, -0.15) is 0 Å². The van der Waals surface area contributed by atoms with E-state index < -0.39 is 0 Å². The molecule has 0 bridgehead atoms. The van der Waals surface area contributed by atoms with Gasteiger partial charge in [0.15, 0.2) is 4.77 Å². The van der Waals surface area contributed by atoms with Crippen LogP contribution in [0.25, 0.3) is 11.0 Å². The Labute approximate surface area is 146 Å². The molecule has 130 valence electrons. The van der Waals surface area contributed by atoms with E-state index in [1.54, 1.807) is 18.3 Å². The summed E-state index contributed by atoms with van der Waals surface area (Å²) >= 11 is 5.19. The molecule has 2 N–H and O–H groups in total. The maximum atomic E-state index is 12.5. The van der Waals surface area contributed by atoms with Gasteiger partial charge in [0.2, 0.25) is 5.91 Å². The van der Waals surface area contributed by atoms with Crippen molar-refractivity contribution in [3.8, 4) is 0 Å². The molecule has 2 rings (SSSR count). The van der Waals surface area contributed by atoms with Gasteiger partial charge in [0.25, 0.3) is 5.56 Å². The smallest absolute Gasteiger partial charge is 0.264 e. The lowest BCUT2D eigenvalue weighted by atomic mass is 9.99. The highest BCUT2D eigenvalue weighted by Crippen LogP contribution is 2.11. The second kappa shape index (κ2) is 8.73. The molecule has 0 aromatic carbocycles. The minimum atomic E-state index is -0.296. The van der Waals surface area contributed by atoms with E-state index in [4.69, 9.17) is 12.2 Å². The summed E-state index contributed by atoms with van der Waals surface area (Å²) in [6, 6.07) is 3.35. The topological polar surface area (TPSA) is 79.8 Å². The standard InChI is InChI=1S/C17H24N4O2S/c1-3-5-7-12(4-2)10-19-14(22)11-21-16(23)13-8-6-9-18-15(13)20-17(21)24/h6,8-9,12H,3-5,7,10-11H2,1-2H3,(H,19,22)(H,18,20,24)/t12-/m0/s1. The van der Waals surface area contributed by atoms with Crippen LogP contribution in [0.1, 0.15) is 39.5 Å². The number of nitrogens with one attached hydrogen (secondary N) is 2. The Bertz CT molecular complexity index is 812. The number of H-pyrrole nitrogens is 1. The van der Waals surface area contributed by atoms with Gasteiger partial charge in [0, 0.05) is 12.7 Å². The molecule has 2 aromatic rings. The maximum absolute atomic E-state index is 12.5. The summed E-state index contributed by atoms with van der Waals surface area (Å²) in [7, 11) is 0. The number of aromatic nitrogens is 3. The van der Waals surface area contributed by atoms with E-state index >= 15 is 0 Å². The fourth-order valence-corrected chi connectivity index (χ4v) is 2.87. The van der Waals surface area contributed by atoms with Crippen molar-refractivity contribution in [2.45, 2.75) is 46.1 Å². The Hall–Kier alpha value is -2.02. The lowest BCUT2D eigenvalue weighted by Gasteiger charge is -2.15. The minimum absolute atomic E-state index is 0.0801. The molecule has 1 amide bonds. The first-order valence-electron chi connectivity index (χ1n) is 8.41. The van der Waals surface area contributed by atoms with Crippen molar-refractivity contribution >= 4 is 29.2 Å². The summed E-state index contributed by atoms with van der Waals surface area (Å²) in [6.07, 6.45) is 6.04. The first-order valence-corrected chi connectivity index (χ1v) is 8.82. The second-order valence-corrected chi connectivity index (χ2v) is 6.33. The number of pyridine rings is 1. The van der Waals surface area contributed by atoms with Gasteiger partial charge in [0.1, 0.15) is 12.2 Å². The van der Waals surface area contributed by atoms with Crippen molar-refractivity contribution in [3.63, 3.8) is 0 Å². The Kier molecular flexibility index (Phi) is 6.66. The third-order valence-electron chi connectivity index (χ3n) is 4.19. The summed E-state index contributed by atoms with van der Waals surface area (Å²) in [5.74, 6) is 0.274. The molecule has 0 aliphatic heterocycles. The second-order valence-electron chi connectivity index (χ2n) is 5.94. The first-order chi connectivity index (χ1) is 11.6. The number of amides is 1. The van der Waals surface area contributed by atoms with Crippen LogP contribution in [0.4, 0.5) is 0 Å². The molecule has 2 aromatic heterocycles. The van der Waals surface area contributed by atoms with Crippen LogP contribution in [0.2, 0.25) is 0 Å². The number of carbonyl (C=O) groups is 1. The number of hydrogen-bond acceptors (Lipinski definition) is 4. The fraction of sp³-hybridized carbons (Fsp3) is 0.529. The molecule has 24 heavy (non-hydrogen) atoms. The zero-order valence-electron chi connectivity index (χ0n) is 14.2. The van der Waals surface area contributed by atoms with Crippen LogP contribution in [0.5, 0.6) is 0 Å². The summed E-state index contributed by atoms with van der Waals surface area (Å²) in [6.45, 7) is 4.84. The van der Waals surface area contributed by atoms with Gasteiger partial charge in [-0.25, -0.2) is 4.98 Å². The van der Waals surface area contributed by atoms with Gasteiger partial charge in [0.05, 0.1) is 5.39 Å². The van der Waals surface area contributed by atoms with Crippen LogP contribution in [-0.4, -0.2) is 27.0 Å². The molecule has 0 radical (unpaired) electrons. The summed E-state index contributed by atoms with van der Waals surface area (Å²) in [5.41, 5.74) is 0.143. The number of aromatic amines is 1. The molecule has 1 atom stereocenters. The monoisotopic (exact) mass is 348 g/mol. The van der Waals surface area contributed by atoms with Crippen molar-refractivity contribution < 1.29 is 4.79 Å². The Morgan fingerprint density at radius 3 is 2.96 bits per heavy atom. The molecule has 0 aliphatic carbocycles. The van der Waals surface area contributed by atoms with Crippen LogP contribution < -0.4 is 10.9 Å². The van der Waals surface area contributed by atoms with Gasteiger partial charge in [-0.1, -0.05) is 33.1 Å². The molecule has 0 fully saturated rings. The summed E-state index contributed by atoms with van der Waals surface area (Å²) in [4.78, 5) is 31.7. The first kappa shape index (κ1) is 18.3. The van der Waals surface area contributed by atoms with Crippen LogP contribution in [0, 0.1) is 10.7 Å². The Morgan fingerprint density at radius 2 is 2.25 bits per heavy atom. The fourth-order valence-electron chi connectivity index (χ4n) is 2.63. The van der Waals surface area contributed by atoms with Crippen LogP contribution in [0.3, 0.4) is 0 Å². The molecule has 0 saturated heterocycles. The van der Waals surface area contributed by atoms with Gasteiger partial charge in [-0.05, 0) is 36.7 Å². The van der Waals surface area contributed by atoms with Crippen molar-refractivity contribution in [2.24, 2.45) is 5.92 Å². The number of unbranched alkanes of at least 4 members (excludes halogenated alkanes) is 1. The van der Waals surface area contributed by atoms with E-state index in [1.165, 1.54) is 4.57 Å². The Balaban J connectivity index is 2.08. The number of nitrogens with zero attached hydrogens (tertiary/aromatic N) is 2. The summed E-state index contributed by atoms with van der Waals surface area (Å²) < 4.78 is 1.49. The van der Waals surface area contributed by atoms with Crippen molar-refractivity contribution in [1.82, 2.24) is 19.9 Å². The van der Waals surface area contributed by atoms with E-state index in [2.05, 4.69) is 29.1 Å². The molecule has 0 saturated carbocycles. The molecular weight excluding hydrogens is 324 g/mol. The zero-order chi connectivity index (χ0) is 17.5. The van der Waals surface area contributed by atoms with E-state index in [9.17, 15) is 9.59 Å². The average molecular weight is 348 g/mol. The molecule has 2 heterocycles. The number of rotatable bonds is 8. The predicted octanol–water partition coefficient (Wildman–Crippen LogP) is 2.79. The highest BCUT2D eigenvalue weighted by Gasteiger charge is 2.12. The quantitative estimate of drug-likeness (QED) is 0.719. The molecule has 0 aliphatic rings. The lowest BCUT2D eigenvalue weighted by molar-refractivity contribution is -0.121. The average Bonchev–Trinajstić information content (AvgIpc) is 2.59. The van der Waals surface area contributed by atoms with Gasteiger partial charge >= 0.3 is 0 Å². The van der Waals surface area contributed by atoms with Crippen molar-refractivity contribution in [2.75, 3.05) is 6.54 Å². The van der Waals surface area contributed by atoms with E-state index in [0.717, 1.165) is 25.7 Å². The van der Waals surface area contributed by atoms with Gasteiger partial charge in [-0.3, -0.25) is 14.2 Å². The molecule has 6 nitrogen and oxygen atoms in total. The largest absolute Gasteiger partial charge is 0.354 e. The van der Waals surface area contributed by atoms with Crippen LogP contribution >= 0.6 is 12.2 Å². The SMILES string of the molecule is CCCC[C@H](CC)CNC(=O)Cn1c(=S)[nH]c2ncccc2c1=O. The normalized spacial score (nSPS) is 12.2. The minimum Gasteiger partial charge on any atom is -0.354 e. The molecular formula is C17H24N4O2S. The van der Waals surface area contributed by atoms with Gasteiger partial charge in [-0.15, -0.1) is 0 Å². The number of fused-ring (bicyclic) bond motifs is 1. The zero-order valence-corrected chi connectivity index (χ0v) is 15.0. The van der Waals surface area contributed by atoms with Crippen molar-refractivity contribution in [1.29, 1.82) is 0 Å². The third kappa shape index (κ3) is 4.50. The van der Waals surface area contributed by atoms with Crippen LogP contribution in [-0.2, 0) is 11.3 Å². The third-order valence-corrected chi connectivity index (χ3v) is 4.51. The van der Waals surface area contributed by atoms with Crippen molar-refractivity contribution in [3.05, 3.63) is 33.5 Å². The van der Waals surface area contributed by atoms with E-state index in [-0.39, 0.29) is 22.8 Å². The molecule has 0 spiro atoms. The number of hydrogen-bond donors (Lipinski definition) is 2. The van der Waals surface area contributed by atoms with E-state index in [1.807, 2.05) is 0 Å². The highest BCUT2D eigenvalue weighted by atomic mass is 32.1. The molecule has 0 unspecified atom stereocenters. The maximum Gasteiger partial charge on any atom is 0.264 e. The Morgan fingerprint density at radius 1 is 1.46 bits per heavy atom. The van der Waals surface area contributed by atoms with Crippen LogP contribution in [0.15, 0.2) is 23.1 Å². The van der Waals surface area contributed by atoms with E-state index in [0.29, 0.717) is 23.5 Å². The number of carbonyl (C=O) groups excluding carboxylic acids is 1. The molecule has 7 heteroatoms. The highest BCUT2D eigenvalue weighted by molar-refractivity contribution is 7.71.